The smallest absolute Gasteiger partial charge is 0.124 e. The third kappa shape index (κ3) is 1.92. The molecule has 82 valence electrons. The Morgan fingerprint density at radius 1 is 1.53 bits per heavy atom. The maximum atomic E-state index is 6.10. The molecule has 2 atom stereocenters. The minimum Gasteiger partial charge on any atom is -0.497 e. The lowest BCUT2D eigenvalue weighted by Crippen LogP contribution is -2.28. The minimum atomic E-state index is 0.0637. The van der Waals surface area contributed by atoms with E-state index in [-0.39, 0.29) is 12.1 Å². The highest BCUT2D eigenvalue weighted by Gasteiger charge is 2.24. The van der Waals surface area contributed by atoms with Crippen LogP contribution in [0.5, 0.6) is 11.5 Å². The van der Waals surface area contributed by atoms with Gasteiger partial charge in [-0.1, -0.05) is 6.92 Å². The maximum absolute atomic E-state index is 6.10. The zero-order valence-electron chi connectivity index (χ0n) is 9.19. The highest BCUT2D eigenvalue weighted by Crippen LogP contribution is 2.36. The highest BCUT2D eigenvalue weighted by atomic mass is 16.5. The van der Waals surface area contributed by atoms with Gasteiger partial charge in [0.2, 0.25) is 0 Å². The van der Waals surface area contributed by atoms with Crippen LogP contribution in [0.1, 0.15) is 31.4 Å². The van der Waals surface area contributed by atoms with Crippen molar-refractivity contribution in [2.45, 2.75) is 31.9 Å². The maximum Gasteiger partial charge on any atom is 0.124 e. The van der Waals surface area contributed by atoms with Crippen molar-refractivity contribution in [3.63, 3.8) is 0 Å². The molecule has 1 aliphatic heterocycles. The van der Waals surface area contributed by atoms with Crippen LogP contribution < -0.4 is 15.2 Å². The second-order valence-electron chi connectivity index (χ2n) is 3.89. The lowest BCUT2D eigenvalue weighted by molar-refractivity contribution is 0.155. The fourth-order valence-electron chi connectivity index (χ4n) is 1.94. The molecule has 0 spiro atoms. The van der Waals surface area contributed by atoms with E-state index in [1.54, 1.807) is 7.11 Å². The van der Waals surface area contributed by atoms with E-state index >= 15 is 0 Å². The zero-order chi connectivity index (χ0) is 10.8. The van der Waals surface area contributed by atoms with Crippen molar-refractivity contribution in [3.05, 3.63) is 23.8 Å². The Bertz CT molecular complexity index is 351. The molecule has 1 unspecified atom stereocenters. The quantitative estimate of drug-likeness (QED) is 0.809. The first-order valence-electron chi connectivity index (χ1n) is 5.34. The Balaban J connectivity index is 2.32. The first kappa shape index (κ1) is 10.3. The lowest BCUT2D eigenvalue weighted by atomic mass is 9.96. The predicted octanol–water partition coefficient (Wildman–Crippen LogP) is 2.26. The molecule has 3 heteroatoms. The fraction of sp³-hybridized carbons (Fsp3) is 0.500. The molecule has 1 aromatic rings. The van der Waals surface area contributed by atoms with E-state index in [2.05, 4.69) is 6.92 Å². The van der Waals surface area contributed by atoms with E-state index < -0.39 is 0 Å². The summed E-state index contributed by atoms with van der Waals surface area (Å²) in [6.07, 6.45) is 2.14. The average molecular weight is 207 g/mol. The van der Waals surface area contributed by atoms with Gasteiger partial charge in [0.1, 0.15) is 17.6 Å². The van der Waals surface area contributed by atoms with E-state index in [9.17, 15) is 0 Å². The summed E-state index contributed by atoms with van der Waals surface area (Å²) in [6.45, 7) is 2.12. The predicted molar refractivity (Wildman–Crippen MR) is 59.2 cm³/mol. The Morgan fingerprint density at radius 3 is 3.00 bits per heavy atom. The molecular weight excluding hydrogens is 190 g/mol. The van der Waals surface area contributed by atoms with Gasteiger partial charge in [0.05, 0.1) is 7.11 Å². The van der Waals surface area contributed by atoms with Crippen molar-refractivity contribution in [1.82, 2.24) is 0 Å². The second-order valence-corrected chi connectivity index (χ2v) is 3.89. The monoisotopic (exact) mass is 207 g/mol. The molecule has 0 amide bonds. The van der Waals surface area contributed by atoms with Crippen molar-refractivity contribution < 1.29 is 9.47 Å². The number of benzene rings is 1. The van der Waals surface area contributed by atoms with Gasteiger partial charge >= 0.3 is 0 Å². The molecule has 0 saturated heterocycles. The molecule has 0 fully saturated rings. The minimum absolute atomic E-state index is 0.0637. The van der Waals surface area contributed by atoms with Gasteiger partial charge in [-0.2, -0.15) is 0 Å². The van der Waals surface area contributed by atoms with E-state index in [4.69, 9.17) is 15.2 Å². The summed E-state index contributed by atoms with van der Waals surface area (Å²) in [5.41, 5.74) is 7.16. The van der Waals surface area contributed by atoms with Crippen LogP contribution in [0.25, 0.3) is 0 Å². The molecule has 0 bridgehead atoms. The van der Waals surface area contributed by atoms with Crippen LogP contribution in [0.15, 0.2) is 18.2 Å². The van der Waals surface area contributed by atoms with Gasteiger partial charge in [0.15, 0.2) is 0 Å². The van der Waals surface area contributed by atoms with Crippen LogP contribution in [-0.2, 0) is 0 Å². The topological polar surface area (TPSA) is 44.5 Å². The Morgan fingerprint density at radius 2 is 2.33 bits per heavy atom. The molecule has 3 nitrogen and oxygen atoms in total. The van der Waals surface area contributed by atoms with Gasteiger partial charge in [-0.25, -0.2) is 0 Å². The van der Waals surface area contributed by atoms with E-state index in [1.165, 1.54) is 0 Å². The Labute approximate surface area is 90.2 Å². The fourth-order valence-corrected chi connectivity index (χ4v) is 1.94. The number of nitrogens with two attached hydrogens (primary N) is 1. The van der Waals surface area contributed by atoms with Crippen molar-refractivity contribution in [3.8, 4) is 11.5 Å². The van der Waals surface area contributed by atoms with Crippen LogP contribution in [-0.4, -0.2) is 13.2 Å². The van der Waals surface area contributed by atoms with Crippen LogP contribution in [0, 0.1) is 0 Å². The number of ether oxygens (including phenoxy) is 2. The van der Waals surface area contributed by atoms with Gasteiger partial charge in [-0.15, -0.1) is 0 Å². The summed E-state index contributed by atoms with van der Waals surface area (Å²) < 4.78 is 11.0. The van der Waals surface area contributed by atoms with Crippen molar-refractivity contribution in [2.75, 3.05) is 7.11 Å². The van der Waals surface area contributed by atoms with E-state index in [0.29, 0.717) is 0 Å². The first-order chi connectivity index (χ1) is 7.24. The van der Waals surface area contributed by atoms with Gasteiger partial charge < -0.3 is 15.2 Å². The van der Waals surface area contributed by atoms with Crippen LogP contribution in [0.3, 0.4) is 0 Å². The van der Waals surface area contributed by atoms with Crippen molar-refractivity contribution in [2.24, 2.45) is 5.73 Å². The molecule has 1 heterocycles. The number of fused-ring (bicyclic) bond motifs is 1. The largest absolute Gasteiger partial charge is 0.497 e. The number of hydrogen-bond acceptors (Lipinski definition) is 3. The number of hydrogen-bond donors (Lipinski definition) is 1. The molecule has 0 aromatic heterocycles. The molecule has 2 rings (SSSR count). The molecule has 0 radical (unpaired) electrons. The van der Waals surface area contributed by atoms with Crippen LogP contribution in [0.2, 0.25) is 0 Å². The average Bonchev–Trinajstić information content (AvgIpc) is 2.28. The third-order valence-corrected chi connectivity index (χ3v) is 2.88. The molecule has 15 heavy (non-hydrogen) atoms. The Hall–Kier alpha value is -1.22. The first-order valence-corrected chi connectivity index (χ1v) is 5.34. The Kier molecular flexibility index (Phi) is 2.82. The van der Waals surface area contributed by atoms with E-state index in [0.717, 1.165) is 29.9 Å². The number of rotatable bonds is 2. The lowest BCUT2D eigenvalue weighted by Gasteiger charge is -2.29. The molecule has 1 aromatic carbocycles. The SMILES string of the molecule is CCC1C[C@H](N)c2cc(OC)ccc2O1. The normalized spacial score (nSPS) is 24.2. The van der Waals surface area contributed by atoms with Crippen LogP contribution >= 0.6 is 0 Å². The van der Waals surface area contributed by atoms with Gasteiger partial charge in [-0.05, 0) is 24.6 Å². The third-order valence-electron chi connectivity index (χ3n) is 2.88. The molecule has 1 aliphatic rings. The zero-order valence-corrected chi connectivity index (χ0v) is 9.19. The molecule has 0 aliphatic carbocycles. The standard InChI is InChI=1S/C12H17NO2/c1-3-8-7-11(13)10-6-9(14-2)4-5-12(10)15-8/h4-6,8,11H,3,7,13H2,1-2H3/t8?,11-/m0/s1. The highest BCUT2D eigenvalue weighted by molar-refractivity contribution is 5.43. The molecule has 0 saturated carbocycles. The van der Waals surface area contributed by atoms with E-state index in [1.807, 2.05) is 18.2 Å². The van der Waals surface area contributed by atoms with Gasteiger partial charge in [-0.3, -0.25) is 0 Å². The van der Waals surface area contributed by atoms with Gasteiger partial charge in [0.25, 0.3) is 0 Å². The van der Waals surface area contributed by atoms with Gasteiger partial charge in [0, 0.05) is 18.0 Å². The van der Waals surface area contributed by atoms with Crippen molar-refractivity contribution >= 4 is 0 Å². The summed E-state index contributed by atoms with van der Waals surface area (Å²) in [7, 11) is 1.66. The second kappa shape index (κ2) is 4.11. The molecule has 2 N–H and O–H groups in total. The summed E-state index contributed by atoms with van der Waals surface area (Å²) >= 11 is 0. The molecular formula is C12H17NO2. The van der Waals surface area contributed by atoms with Crippen LogP contribution in [0.4, 0.5) is 0 Å². The summed E-state index contributed by atoms with van der Waals surface area (Å²) in [5, 5.41) is 0. The number of methoxy groups -OCH3 is 1. The summed E-state index contributed by atoms with van der Waals surface area (Å²) in [6, 6.07) is 5.87. The summed E-state index contributed by atoms with van der Waals surface area (Å²) in [5.74, 6) is 1.74. The summed E-state index contributed by atoms with van der Waals surface area (Å²) in [4.78, 5) is 0. The van der Waals surface area contributed by atoms with Crippen molar-refractivity contribution in [1.29, 1.82) is 0 Å².